The van der Waals surface area contributed by atoms with E-state index in [-0.39, 0.29) is 0 Å². The molecular weight excluding hydrogens is 312 g/mol. The summed E-state index contributed by atoms with van der Waals surface area (Å²) in [5, 5.41) is 6.74. The van der Waals surface area contributed by atoms with Crippen LogP contribution in [0.2, 0.25) is 0 Å². The van der Waals surface area contributed by atoms with Gasteiger partial charge in [0.05, 0.1) is 25.2 Å². The molecule has 124 valence electrons. The monoisotopic (exact) mass is 334 g/mol. The highest BCUT2D eigenvalue weighted by Gasteiger charge is 2.31. The molecule has 0 unspecified atom stereocenters. The fourth-order valence-electron chi connectivity index (χ4n) is 3.49. The molecule has 0 radical (unpaired) electrons. The maximum absolute atomic E-state index is 5.63. The van der Waals surface area contributed by atoms with Crippen LogP contribution in [0.4, 0.5) is 5.82 Å². The van der Waals surface area contributed by atoms with Gasteiger partial charge in [0.1, 0.15) is 17.0 Å². The first kappa shape index (κ1) is 15.3. The predicted molar refractivity (Wildman–Crippen MR) is 91.0 cm³/mol. The maximum atomic E-state index is 5.63. The van der Waals surface area contributed by atoms with Crippen molar-refractivity contribution in [3.05, 3.63) is 17.8 Å². The average molecular weight is 334 g/mol. The van der Waals surface area contributed by atoms with Gasteiger partial charge in [0.15, 0.2) is 0 Å². The van der Waals surface area contributed by atoms with Crippen LogP contribution in [0.5, 0.6) is 0 Å². The van der Waals surface area contributed by atoms with Crippen molar-refractivity contribution in [1.29, 1.82) is 0 Å². The average Bonchev–Trinajstić information content (AvgIpc) is 3.28. The molecule has 2 aliphatic rings. The molecular formula is C16H22N4O2S. The minimum Gasteiger partial charge on any atom is -0.381 e. The number of fused-ring (bicyclic) bond motifs is 1. The molecule has 4 rings (SSSR count). The number of nitrogens with one attached hydrogen (secondary N) is 1. The van der Waals surface area contributed by atoms with E-state index < -0.39 is 0 Å². The first-order valence-electron chi connectivity index (χ1n) is 8.23. The molecule has 2 fully saturated rings. The topological polar surface area (TPSA) is 59.5 Å². The van der Waals surface area contributed by atoms with E-state index in [1.807, 2.05) is 0 Å². The summed E-state index contributed by atoms with van der Waals surface area (Å²) >= 11 is 1.65. The Bertz CT molecular complexity index is 638. The molecule has 0 amide bonds. The van der Waals surface area contributed by atoms with Crippen LogP contribution in [-0.2, 0) is 9.47 Å². The summed E-state index contributed by atoms with van der Waals surface area (Å²) in [6.07, 6.45) is 2.78. The van der Waals surface area contributed by atoms with Crippen LogP contribution < -0.4 is 5.32 Å². The zero-order valence-corrected chi connectivity index (χ0v) is 13.9. The number of nitrogens with zero attached hydrogens (tertiary/aromatic N) is 3. The minimum atomic E-state index is 0.463. The number of thiophene rings is 1. The Balaban J connectivity index is 1.49. The van der Waals surface area contributed by atoms with Crippen LogP contribution in [-0.4, -0.2) is 67.0 Å². The summed E-state index contributed by atoms with van der Waals surface area (Å²) in [6, 6.07) is 2.55. The van der Waals surface area contributed by atoms with Crippen molar-refractivity contribution < 1.29 is 9.47 Å². The fraction of sp³-hybridized carbons (Fsp3) is 0.625. The van der Waals surface area contributed by atoms with Gasteiger partial charge in [-0.05, 0) is 17.9 Å². The molecule has 23 heavy (non-hydrogen) atoms. The smallest absolute Gasteiger partial charge is 0.138 e. The third-order valence-electron chi connectivity index (χ3n) is 4.76. The highest BCUT2D eigenvalue weighted by Crippen LogP contribution is 2.26. The molecule has 1 N–H and O–H groups in total. The molecule has 4 heterocycles. The SMILES string of the molecule is c1nc(NC[C@@H]([C@@H]2CCOC2)N2CCOCC2)c2ccsc2n1. The van der Waals surface area contributed by atoms with Crippen LogP contribution in [0.15, 0.2) is 17.8 Å². The van der Waals surface area contributed by atoms with E-state index in [2.05, 4.69) is 31.6 Å². The standard InChI is InChI=1S/C16H22N4O2S/c1-5-22-10-12(1)14(20-3-6-21-7-4-20)9-17-15-13-2-8-23-16(13)19-11-18-15/h2,8,11-12,14H,1,3-7,9-10H2,(H,17,18,19)/t12-,14+/m1/s1. The molecule has 6 nitrogen and oxygen atoms in total. The van der Waals surface area contributed by atoms with E-state index in [1.54, 1.807) is 17.7 Å². The highest BCUT2D eigenvalue weighted by molar-refractivity contribution is 7.16. The first-order valence-corrected chi connectivity index (χ1v) is 9.11. The Morgan fingerprint density at radius 1 is 1.26 bits per heavy atom. The second kappa shape index (κ2) is 7.09. The van der Waals surface area contributed by atoms with Crippen LogP contribution >= 0.6 is 11.3 Å². The number of rotatable bonds is 5. The minimum absolute atomic E-state index is 0.463. The second-order valence-corrected chi connectivity index (χ2v) is 6.98. The highest BCUT2D eigenvalue weighted by atomic mass is 32.1. The van der Waals surface area contributed by atoms with Crippen molar-refractivity contribution >= 4 is 27.4 Å². The molecule has 2 aromatic heterocycles. The van der Waals surface area contributed by atoms with E-state index in [0.29, 0.717) is 12.0 Å². The molecule has 0 spiro atoms. The molecule has 2 saturated heterocycles. The van der Waals surface area contributed by atoms with Crippen molar-refractivity contribution in [1.82, 2.24) is 14.9 Å². The number of ether oxygens (including phenoxy) is 2. The molecule has 7 heteroatoms. The molecule has 0 aromatic carbocycles. The van der Waals surface area contributed by atoms with Crippen molar-refractivity contribution in [3.63, 3.8) is 0 Å². The van der Waals surface area contributed by atoms with Crippen molar-refractivity contribution in [2.45, 2.75) is 12.5 Å². The van der Waals surface area contributed by atoms with Gasteiger partial charge in [0.2, 0.25) is 0 Å². The number of hydrogen-bond donors (Lipinski definition) is 1. The summed E-state index contributed by atoms with van der Waals surface area (Å²) in [7, 11) is 0. The number of aromatic nitrogens is 2. The molecule has 2 atom stereocenters. The number of anilines is 1. The second-order valence-electron chi connectivity index (χ2n) is 6.08. The third kappa shape index (κ3) is 3.33. The van der Waals surface area contributed by atoms with Crippen LogP contribution in [0, 0.1) is 5.92 Å². The lowest BCUT2D eigenvalue weighted by atomic mass is 9.97. The molecule has 0 saturated carbocycles. The Hall–Kier alpha value is -1.28. The molecule has 2 aromatic rings. The fourth-order valence-corrected chi connectivity index (χ4v) is 4.22. The summed E-state index contributed by atoms with van der Waals surface area (Å²) in [5.41, 5.74) is 0. The lowest BCUT2D eigenvalue weighted by molar-refractivity contribution is 0.00460. The Labute approximate surface area is 139 Å². The quantitative estimate of drug-likeness (QED) is 0.900. The first-order chi connectivity index (χ1) is 11.4. The Morgan fingerprint density at radius 2 is 2.17 bits per heavy atom. The van der Waals surface area contributed by atoms with Crippen molar-refractivity contribution in [2.75, 3.05) is 51.4 Å². The van der Waals surface area contributed by atoms with Gasteiger partial charge in [0.25, 0.3) is 0 Å². The number of hydrogen-bond acceptors (Lipinski definition) is 7. The summed E-state index contributed by atoms with van der Waals surface area (Å²) in [5.74, 6) is 1.52. The van der Waals surface area contributed by atoms with E-state index in [4.69, 9.17) is 9.47 Å². The van der Waals surface area contributed by atoms with Gasteiger partial charge in [-0.15, -0.1) is 11.3 Å². The molecule has 0 aliphatic carbocycles. The Kier molecular flexibility index (Phi) is 4.70. The van der Waals surface area contributed by atoms with Crippen molar-refractivity contribution in [3.8, 4) is 0 Å². The zero-order chi connectivity index (χ0) is 15.5. The van der Waals surface area contributed by atoms with E-state index in [0.717, 1.165) is 68.5 Å². The normalized spacial score (nSPS) is 24.1. The van der Waals surface area contributed by atoms with Crippen LogP contribution in [0.25, 0.3) is 10.2 Å². The van der Waals surface area contributed by atoms with Gasteiger partial charge in [0, 0.05) is 38.2 Å². The van der Waals surface area contributed by atoms with Gasteiger partial charge >= 0.3 is 0 Å². The summed E-state index contributed by atoms with van der Waals surface area (Å²) in [6.45, 7) is 6.28. The van der Waals surface area contributed by atoms with E-state index in [9.17, 15) is 0 Å². The van der Waals surface area contributed by atoms with E-state index >= 15 is 0 Å². The molecule has 2 aliphatic heterocycles. The van der Waals surface area contributed by atoms with Gasteiger partial charge < -0.3 is 14.8 Å². The molecule has 0 bridgehead atoms. The predicted octanol–water partition coefficient (Wildman–Crippen LogP) is 1.84. The van der Waals surface area contributed by atoms with Gasteiger partial charge in [-0.1, -0.05) is 0 Å². The van der Waals surface area contributed by atoms with Gasteiger partial charge in [-0.2, -0.15) is 0 Å². The van der Waals surface area contributed by atoms with Crippen molar-refractivity contribution in [2.24, 2.45) is 5.92 Å². The lowest BCUT2D eigenvalue weighted by Gasteiger charge is -2.37. The van der Waals surface area contributed by atoms with Crippen LogP contribution in [0.3, 0.4) is 0 Å². The maximum Gasteiger partial charge on any atom is 0.138 e. The zero-order valence-electron chi connectivity index (χ0n) is 13.1. The summed E-state index contributed by atoms with van der Waals surface area (Å²) in [4.78, 5) is 12.3. The van der Waals surface area contributed by atoms with Crippen LogP contribution in [0.1, 0.15) is 6.42 Å². The van der Waals surface area contributed by atoms with Gasteiger partial charge in [-0.3, -0.25) is 4.90 Å². The van der Waals surface area contributed by atoms with E-state index in [1.165, 1.54) is 0 Å². The Morgan fingerprint density at radius 3 is 3.00 bits per heavy atom. The lowest BCUT2D eigenvalue weighted by Crippen LogP contribution is -2.50. The largest absolute Gasteiger partial charge is 0.381 e. The third-order valence-corrected chi connectivity index (χ3v) is 5.58. The van der Waals surface area contributed by atoms with Gasteiger partial charge in [-0.25, -0.2) is 9.97 Å². The number of morpholine rings is 1. The summed E-state index contributed by atoms with van der Waals surface area (Å²) < 4.78 is 11.1.